The summed E-state index contributed by atoms with van der Waals surface area (Å²) >= 11 is 6.21. The van der Waals surface area contributed by atoms with Gasteiger partial charge in [0.15, 0.2) is 0 Å². The standard InChI is InChI=1S/C17H20ClN/c1-4-17(19-3)15-7-5-6-13(10-15)14-9-8-12(2)16(18)11-14/h5-11,17,19H,4H2,1-3H3. The first-order chi connectivity index (χ1) is 9.15. The normalized spacial score (nSPS) is 12.4. The average molecular weight is 274 g/mol. The molecule has 1 N–H and O–H groups in total. The van der Waals surface area contributed by atoms with Gasteiger partial charge >= 0.3 is 0 Å². The molecule has 0 heterocycles. The van der Waals surface area contributed by atoms with Crippen LogP contribution in [0.2, 0.25) is 5.02 Å². The van der Waals surface area contributed by atoms with E-state index in [1.165, 1.54) is 16.7 Å². The van der Waals surface area contributed by atoms with Crippen LogP contribution >= 0.6 is 11.6 Å². The van der Waals surface area contributed by atoms with Crippen molar-refractivity contribution < 1.29 is 0 Å². The summed E-state index contributed by atoms with van der Waals surface area (Å²) in [5, 5.41) is 4.16. The topological polar surface area (TPSA) is 12.0 Å². The van der Waals surface area contributed by atoms with E-state index in [-0.39, 0.29) is 0 Å². The van der Waals surface area contributed by atoms with Gasteiger partial charge in [0, 0.05) is 11.1 Å². The number of aryl methyl sites for hydroxylation is 1. The second-order valence-corrected chi connectivity index (χ2v) is 5.25. The summed E-state index contributed by atoms with van der Waals surface area (Å²) in [6, 6.07) is 15.3. The molecular weight excluding hydrogens is 254 g/mol. The Labute approximate surface area is 120 Å². The maximum atomic E-state index is 6.21. The molecule has 100 valence electrons. The number of rotatable bonds is 4. The van der Waals surface area contributed by atoms with Gasteiger partial charge in [0.1, 0.15) is 0 Å². The number of benzene rings is 2. The van der Waals surface area contributed by atoms with Crippen LogP contribution in [-0.2, 0) is 0 Å². The molecule has 0 aliphatic rings. The third-order valence-corrected chi connectivity index (χ3v) is 3.96. The highest BCUT2D eigenvalue weighted by Gasteiger charge is 2.08. The zero-order chi connectivity index (χ0) is 13.8. The highest BCUT2D eigenvalue weighted by atomic mass is 35.5. The molecule has 0 fully saturated rings. The third kappa shape index (κ3) is 3.17. The van der Waals surface area contributed by atoms with Gasteiger partial charge in [0.05, 0.1) is 0 Å². The minimum absolute atomic E-state index is 0.404. The summed E-state index contributed by atoms with van der Waals surface area (Å²) in [5.74, 6) is 0. The maximum absolute atomic E-state index is 6.21. The number of nitrogens with one attached hydrogen (secondary N) is 1. The fourth-order valence-electron chi connectivity index (χ4n) is 2.31. The molecule has 1 atom stereocenters. The van der Waals surface area contributed by atoms with Crippen LogP contribution in [0.5, 0.6) is 0 Å². The van der Waals surface area contributed by atoms with E-state index < -0.39 is 0 Å². The van der Waals surface area contributed by atoms with Crippen LogP contribution < -0.4 is 5.32 Å². The van der Waals surface area contributed by atoms with E-state index in [2.05, 4.69) is 48.6 Å². The first-order valence-corrected chi connectivity index (χ1v) is 7.07. The summed E-state index contributed by atoms with van der Waals surface area (Å²) in [6.45, 7) is 4.22. The summed E-state index contributed by atoms with van der Waals surface area (Å²) in [5.41, 5.74) is 4.82. The smallest absolute Gasteiger partial charge is 0.0441 e. The Kier molecular flexibility index (Phi) is 4.62. The summed E-state index contributed by atoms with van der Waals surface area (Å²) in [4.78, 5) is 0. The Morgan fingerprint density at radius 2 is 1.84 bits per heavy atom. The molecule has 2 aromatic carbocycles. The second kappa shape index (κ2) is 6.23. The Hall–Kier alpha value is -1.31. The lowest BCUT2D eigenvalue weighted by Gasteiger charge is -2.15. The molecule has 0 spiro atoms. The van der Waals surface area contributed by atoms with E-state index in [0.29, 0.717) is 6.04 Å². The molecule has 2 aromatic rings. The third-order valence-electron chi connectivity index (χ3n) is 3.55. The van der Waals surface area contributed by atoms with Gasteiger partial charge in [-0.3, -0.25) is 0 Å². The number of hydrogen-bond donors (Lipinski definition) is 1. The van der Waals surface area contributed by atoms with Crippen LogP contribution in [0, 0.1) is 6.92 Å². The van der Waals surface area contributed by atoms with Crippen LogP contribution in [0.15, 0.2) is 42.5 Å². The lowest BCUT2D eigenvalue weighted by atomic mass is 9.98. The largest absolute Gasteiger partial charge is 0.313 e. The highest BCUT2D eigenvalue weighted by Crippen LogP contribution is 2.27. The van der Waals surface area contributed by atoms with Gasteiger partial charge in [0.25, 0.3) is 0 Å². The monoisotopic (exact) mass is 273 g/mol. The zero-order valence-electron chi connectivity index (χ0n) is 11.7. The zero-order valence-corrected chi connectivity index (χ0v) is 12.5. The lowest BCUT2D eigenvalue weighted by Crippen LogP contribution is -2.15. The van der Waals surface area contributed by atoms with Gasteiger partial charge in [-0.05, 0) is 54.8 Å². The molecule has 0 amide bonds. The molecule has 0 saturated carbocycles. The molecule has 0 aliphatic carbocycles. The van der Waals surface area contributed by atoms with E-state index in [1.54, 1.807) is 0 Å². The molecule has 0 aromatic heterocycles. The molecule has 1 nitrogen and oxygen atoms in total. The Morgan fingerprint density at radius 1 is 1.11 bits per heavy atom. The van der Waals surface area contributed by atoms with E-state index >= 15 is 0 Å². The minimum Gasteiger partial charge on any atom is -0.313 e. The second-order valence-electron chi connectivity index (χ2n) is 4.84. The van der Waals surface area contributed by atoms with Crippen LogP contribution in [0.1, 0.15) is 30.5 Å². The van der Waals surface area contributed by atoms with Crippen molar-refractivity contribution in [3.8, 4) is 11.1 Å². The van der Waals surface area contributed by atoms with Crippen molar-refractivity contribution >= 4 is 11.6 Å². The summed E-state index contributed by atoms with van der Waals surface area (Å²) < 4.78 is 0. The van der Waals surface area contributed by atoms with Gasteiger partial charge in [-0.15, -0.1) is 0 Å². The molecule has 2 heteroatoms. The van der Waals surface area contributed by atoms with Crippen molar-refractivity contribution in [3.05, 3.63) is 58.6 Å². The van der Waals surface area contributed by atoms with Crippen molar-refractivity contribution in [2.75, 3.05) is 7.05 Å². The first kappa shape index (κ1) is 14.1. The van der Waals surface area contributed by atoms with Gasteiger partial charge in [-0.25, -0.2) is 0 Å². The molecular formula is C17H20ClN. The van der Waals surface area contributed by atoms with Crippen LogP contribution in [0.4, 0.5) is 0 Å². The van der Waals surface area contributed by atoms with Gasteiger partial charge in [-0.2, -0.15) is 0 Å². The van der Waals surface area contributed by atoms with Crippen molar-refractivity contribution in [1.82, 2.24) is 5.32 Å². The summed E-state index contributed by atoms with van der Waals surface area (Å²) in [6.07, 6.45) is 1.08. The lowest BCUT2D eigenvalue weighted by molar-refractivity contribution is 0.577. The Balaban J connectivity index is 2.40. The molecule has 1 unspecified atom stereocenters. The fourth-order valence-corrected chi connectivity index (χ4v) is 2.49. The molecule has 0 aliphatic heterocycles. The average Bonchev–Trinajstić information content (AvgIpc) is 2.44. The van der Waals surface area contributed by atoms with Gasteiger partial charge in [0.2, 0.25) is 0 Å². The number of hydrogen-bond acceptors (Lipinski definition) is 1. The summed E-state index contributed by atoms with van der Waals surface area (Å²) in [7, 11) is 2.00. The quantitative estimate of drug-likeness (QED) is 0.828. The van der Waals surface area contributed by atoms with Crippen LogP contribution in [0.25, 0.3) is 11.1 Å². The van der Waals surface area contributed by atoms with E-state index in [1.807, 2.05) is 20.0 Å². The molecule has 19 heavy (non-hydrogen) atoms. The van der Waals surface area contributed by atoms with E-state index in [0.717, 1.165) is 17.0 Å². The molecule has 0 bridgehead atoms. The van der Waals surface area contributed by atoms with Crippen molar-refractivity contribution in [2.45, 2.75) is 26.3 Å². The molecule has 0 saturated heterocycles. The number of halogens is 1. The Morgan fingerprint density at radius 3 is 2.47 bits per heavy atom. The van der Waals surface area contributed by atoms with E-state index in [9.17, 15) is 0 Å². The fraction of sp³-hybridized carbons (Fsp3) is 0.294. The van der Waals surface area contributed by atoms with Gasteiger partial charge in [-0.1, -0.05) is 48.9 Å². The van der Waals surface area contributed by atoms with Crippen molar-refractivity contribution in [1.29, 1.82) is 0 Å². The maximum Gasteiger partial charge on any atom is 0.0441 e. The molecule has 0 radical (unpaired) electrons. The predicted octanol–water partition coefficient (Wildman–Crippen LogP) is 4.99. The van der Waals surface area contributed by atoms with Crippen molar-refractivity contribution in [2.24, 2.45) is 0 Å². The minimum atomic E-state index is 0.404. The molecule has 2 rings (SSSR count). The first-order valence-electron chi connectivity index (χ1n) is 6.69. The van der Waals surface area contributed by atoms with Crippen LogP contribution in [0.3, 0.4) is 0 Å². The van der Waals surface area contributed by atoms with Gasteiger partial charge < -0.3 is 5.32 Å². The predicted molar refractivity (Wildman–Crippen MR) is 83.7 cm³/mol. The SMILES string of the molecule is CCC(NC)c1cccc(-c2ccc(C)c(Cl)c2)c1. The van der Waals surface area contributed by atoms with E-state index in [4.69, 9.17) is 11.6 Å². The highest BCUT2D eigenvalue weighted by molar-refractivity contribution is 6.31. The Bertz CT molecular complexity index is 559. The van der Waals surface area contributed by atoms with Crippen LogP contribution in [-0.4, -0.2) is 7.05 Å². The van der Waals surface area contributed by atoms with Crippen molar-refractivity contribution in [3.63, 3.8) is 0 Å².